The molecule has 1 aromatic rings. The Labute approximate surface area is 151 Å². The van der Waals surface area contributed by atoms with Crippen LogP contribution in [0.2, 0.25) is 0 Å². The molecular weight excluding hydrogens is 316 g/mol. The molecule has 1 fully saturated rings. The van der Waals surface area contributed by atoms with E-state index in [0.717, 1.165) is 44.8 Å². The van der Waals surface area contributed by atoms with Crippen LogP contribution in [-0.2, 0) is 0 Å². The van der Waals surface area contributed by atoms with Crippen LogP contribution in [0.1, 0.15) is 25.5 Å². The van der Waals surface area contributed by atoms with Gasteiger partial charge in [0, 0.05) is 39.3 Å². The smallest absolute Gasteiger partial charge is 0.315 e. The van der Waals surface area contributed by atoms with Gasteiger partial charge < -0.3 is 25.5 Å². The molecule has 1 aliphatic rings. The molecular formula is C19H32N4O2. The van der Waals surface area contributed by atoms with Crippen LogP contribution in [0, 0.1) is 5.92 Å². The van der Waals surface area contributed by atoms with Gasteiger partial charge in [-0.15, -0.1) is 0 Å². The summed E-state index contributed by atoms with van der Waals surface area (Å²) in [6.07, 6.45) is 0. The average Bonchev–Trinajstić information content (AvgIpc) is 2.65. The third-order valence-corrected chi connectivity index (χ3v) is 4.78. The predicted octanol–water partition coefficient (Wildman–Crippen LogP) is 1.29. The number of likely N-dealkylation sites (N-methyl/N-ethyl adjacent to an activating group) is 1. The highest BCUT2D eigenvalue weighted by atomic mass is 16.3. The molecule has 6 heteroatoms. The summed E-state index contributed by atoms with van der Waals surface area (Å²) in [5, 5.41) is 15.3. The minimum Gasteiger partial charge on any atom is -0.394 e. The Morgan fingerprint density at radius 2 is 1.80 bits per heavy atom. The van der Waals surface area contributed by atoms with Crippen LogP contribution in [0.15, 0.2) is 30.3 Å². The quantitative estimate of drug-likeness (QED) is 0.662. The minimum atomic E-state index is -0.376. The summed E-state index contributed by atoms with van der Waals surface area (Å²) in [5.74, 6) is 0.392. The Morgan fingerprint density at radius 3 is 2.40 bits per heavy atom. The Balaban J connectivity index is 1.68. The topological polar surface area (TPSA) is 67.8 Å². The molecule has 25 heavy (non-hydrogen) atoms. The molecule has 1 aromatic carbocycles. The summed E-state index contributed by atoms with van der Waals surface area (Å²) < 4.78 is 0. The van der Waals surface area contributed by atoms with E-state index in [4.69, 9.17) is 0 Å². The van der Waals surface area contributed by atoms with Gasteiger partial charge in [0.1, 0.15) is 0 Å². The lowest BCUT2D eigenvalue weighted by Gasteiger charge is -2.35. The zero-order chi connectivity index (χ0) is 18.1. The molecule has 0 aliphatic carbocycles. The Kier molecular flexibility index (Phi) is 8.18. The van der Waals surface area contributed by atoms with Gasteiger partial charge in [-0.3, -0.25) is 0 Å². The Bertz CT molecular complexity index is 503. The van der Waals surface area contributed by atoms with Crippen molar-refractivity contribution in [2.45, 2.75) is 19.9 Å². The number of carbonyl (C=O) groups is 1. The maximum absolute atomic E-state index is 12.1. The number of hydrogen-bond acceptors (Lipinski definition) is 4. The summed E-state index contributed by atoms with van der Waals surface area (Å²) in [7, 11) is 0. The SMILES string of the molecule is CCN1CCN(CC(C)CNC(=O)NC(CO)c2ccccc2)CC1. The summed E-state index contributed by atoms with van der Waals surface area (Å²) in [5.41, 5.74) is 0.905. The van der Waals surface area contributed by atoms with Crippen molar-refractivity contribution in [3.63, 3.8) is 0 Å². The lowest BCUT2D eigenvalue weighted by Crippen LogP contribution is -2.48. The molecule has 3 N–H and O–H groups in total. The fraction of sp³-hybridized carbons (Fsp3) is 0.632. The minimum absolute atomic E-state index is 0.116. The van der Waals surface area contributed by atoms with E-state index in [9.17, 15) is 9.90 Å². The van der Waals surface area contributed by atoms with Gasteiger partial charge in [0.05, 0.1) is 12.6 Å². The molecule has 0 aromatic heterocycles. The lowest BCUT2D eigenvalue weighted by atomic mass is 10.1. The summed E-state index contributed by atoms with van der Waals surface area (Å²) in [6.45, 7) is 11.5. The number of piperazine rings is 1. The fourth-order valence-electron chi connectivity index (χ4n) is 3.19. The average molecular weight is 348 g/mol. The molecule has 1 aliphatic heterocycles. The van der Waals surface area contributed by atoms with Gasteiger partial charge in [0.15, 0.2) is 0 Å². The van der Waals surface area contributed by atoms with E-state index in [1.165, 1.54) is 0 Å². The zero-order valence-electron chi connectivity index (χ0n) is 15.4. The zero-order valence-corrected chi connectivity index (χ0v) is 15.4. The van der Waals surface area contributed by atoms with E-state index in [1.807, 2.05) is 30.3 Å². The number of amides is 2. The molecule has 6 nitrogen and oxygen atoms in total. The first-order valence-corrected chi connectivity index (χ1v) is 9.27. The number of nitrogens with zero attached hydrogens (tertiary/aromatic N) is 2. The van der Waals surface area contributed by atoms with Crippen LogP contribution < -0.4 is 10.6 Å². The molecule has 2 amide bonds. The van der Waals surface area contributed by atoms with E-state index in [1.54, 1.807) is 0 Å². The molecule has 0 saturated carbocycles. The highest BCUT2D eigenvalue weighted by molar-refractivity contribution is 5.74. The van der Waals surface area contributed by atoms with E-state index >= 15 is 0 Å². The Hall–Kier alpha value is -1.63. The van der Waals surface area contributed by atoms with Crippen LogP contribution in [0.4, 0.5) is 4.79 Å². The number of carbonyl (C=O) groups excluding carboxylic acids is 1. The van der Waals surface area contributed by atoms with E-state index in [0.29, 0.717) is 12.5 Å². The fourth-order valence-corrected chi connectivity index (χ4v) is 3.19. The molecule has 1 heterocycles. The summed E-state index contributed by atoms with van der Waals surface area (Å²) >= 11 is 0. The highest BCUT2D eigenvalue weighted by Gasteiger charge is 2.18. The number of hydrogen-bond donors (Lipinski definition) is 3. The van der Waals surface area contributed by atoms with Crippen molar-refractivity contribution in [1.82, 2.24) is 20.4 Å². The third-order valence-electron chi connectivity index (χ3n) is 4.78. The van der Waals surface area contributed by atoms with E-state index < -0.39 is 0 Å². The Morgan fingerprint density at radius 1 is 1.16 bits per heavy atom. The van der Waals surface area contributed by atoms with Gasteiger partial charge in [-0.1, -0.05) is 44.2 Å². The number of urea groups is 1. The highest BCUT2D eigenvalue weighted by Crippen LogP contribution is 2.11. The molecule has 0 bridgehead atoms. The van der Waals surface area contributed by atoms with E-state index in [2.05, 4.69) is 34.3 Å². The second-order valence-corrected chi connectivity index (χ2v) is 6.84. The van der Waals surface area contributed by atoms with Gasteiger partial charge in [0.25, 0.3) is 0 Å². The van der Waals surface area contributed by atoms with Gasteiger partial charge >= 0.3 is 6.03 Å². The van der Waals surface area contributed by atoms with Gasteiger partial charge in [0.2, 0.25) is 0 Å². The first-order chi connectivity index (χ1) is 12.1. The molecule has 2 atom stereocenters. The number of aliphatic hydroxyl groups is 1. The summed E-state index contributed by atoms with van der Waals surface area (Å²) in [6, 6.07) is 8.92. The van der Waals surface area contributed by atoms with Crippen LogP contribution in [0.25, 0.3) is 0 Å². The normalized spacial score (nSPS) is 18.5. The van der Waals surface area contributed by atoms with Crippen LogP contribution in [-0.4, -0.2) is 73.4 Å². The lowest BCUT2D eigenvalue weighted by molar-refractivity contribution is 0.124. The van der Waals surface area contributed by atoms with Crippen molar-refractivity contribution in [1.29, 1.82) is 0 Å². The summed E-state index contributed by atoms with van der Waals surface area (Å²) in [4.78, 5) is 17.0. The van der Waals surface area contributed by atoms with Gasteiger partial charge in [-0.05, 0) is 18.0 Å². The standard InChI is InChI=1S/C19H32N4O2/c1-3-22-9-11-23(12-10-22)14-16(2)13-20-19(25)21-18(15-24)17-7-5-4-6-8-17/h4-8,16,18,24H,3,9-15H2,1-2H3,(H2,20,21,25). The molecule has 140 valence electrons. The van der Waals surface area contributed by atoms with Crippen molar-refractivity contribution in [2.75, 3.05) is 52.4 Å². The third kappa shape index (κ3) is 6.65. The molecule has 1 saturated heterocycles. The second-order valence-electron chi connectivity index (χ2n) is 6.84. The van der Waals surface area contributed by atoms with Crippen molar-refractivity contribution >= 4 is 6.03 Å². The van der Waals surface area contributed by atoms with Gasteiger partial charge in [-0.2, -0.15) is 0 Å². The van der Waals surface area contributed by atoms with Crippen molar-refractivity contribution in [3.05, 3.63) is 35.9 Å². The van der Waals surface area contributed by atoms with Gasteiger partial charge in [-0.25, -0.2) is 4.79 Å². The van der Waals surface area contributed by atoms with Crippen LogP contribution in [0.3, 0.4) is 0 Å². The maximum atomic E-state index is 12.1. The molecule has 0 spiro atoms. The van der Waals surface area contributed by atoms with Crippen LogP contribution in [0.5, 0.6) is 0 Å². The van der Waals surface area contributed by atoms with Crippen molar-refractivity contribution in [2.24, 2.45) is 5.92 Å². The maximum Gasteiger partial charge on any atom is 0.315 e. The number of benzene rings is 1. The molecule has 2 rings (SSSR count). The number of rotatable bonds is 8. The first kappa shape index (κ1) is 19.7. The monoisotopic (exact) mass is 348 g/mol. The molecule has 0 radical (unpaired) electrons. The number of nitrogens with one attached hydrogen (secondary N) is 2. The number of aliphatic hydroxyl groups excluding tert-OH is 1. The van der Waals surface area contributed by atoms with Crippen LogP contribution >= 0.6 is 0 Å². The largest absolute Gasteiger partial charge is 0.394 e. The molecule has 2 unspecified atom stereocenters. The predicted molar refractivity (Wildman–Crippen MR) is 101 cm³/mol. The second kappa shape index (κ2) is 10.4. The first-order valence-electron chi connectivity index (χ1n) is 9.27. The van der Waals surface area contributed by atoms with E-state index in [-0.39, 0.29) is 18.7 Å². The van der Waals surface area contributed by atoms with Crippen molar-refractivity contribution < 1.29 is 9.90 Å². The van der Waals surface area contributed by atoms with Crippen molar-refractivity contribution in [3.8, 4) is 0 Å².